The van der Waals surface area contributed by atoms with Crippen molar-refractivity contribution in [1.82, 2.24) is 0 Å². The summed E-state index contributed by atoms with van der Waals surface area (Å²) in [5.74, 6) is 2.23. The minimum Gasteiger partial charge on any atom is -0.497 e. The molecule has 4 heteroatoms. The highest BCUT2D eigenvalue weighted by Crippen LogP contribution is 2.24. The highest BCUT2D eigenvalue weighted by Gasteiger charge is 2.10. The standard InChI is InChI=1S/C10H14BO3/c1-11-10-8(13-3)5-7(12-2)6-9(10)14-4/h5-6H,1-4H3. The zero-order valence-corrected chi connectivity index (χ0v) is 8.96. The van der Waals surface area contributed by atoms with E-state index in [0.29, 0.717) is 0 Å². The average Bonchev–Trinajstić information content (AvgIpc) is 2.26. The molecule has 3 nitrogen and oxygen atoms in total. The molecule has 0 unspecified atom stereocenters. The van der Waals surface area contributed by atoms with Crippen molar-refractivity contribution in [3.05, 3.63) is 12.1 Å². The normalized spacial score (nSPS) is 9.43. The third-order valence-corrected chi connectivity index (χ3v) is 2.04. The van der Waals surface area contributed by atoms with Crippen molar-refractivity contribution in [2.45, 2.75) is 6.82 Å². The Morgan fingerprint density at radius 1 is 0.929 bits per heavy atom. The lowest BCUT2D eigenvalue weighted by molar-refractivity contribution is 0.380. The summed E-state index contributed by atoms with van der Waals surface area (Å²) < 4.78 is 15.6. The van der Waals surface area contributed by atoms with Gasteiger partial charge in [0.05, 0.1) is 21.3 Å². The SMILES string of the molecule is C[B]c1c(OC)cc(OC)cc1OC. The second-order valence-electron chi connectivity index (χ2n) is 2.73. The van der Waals surface area contributed by atoms with Crippen LogP contribution in [0.25, 0.3) is 0 Å². The van der Waals surface area contributed by atoms with Gasteiger partial charge < -0.3 is 14.2 Å². The molecule has 0 atom stereocenters. The zero-order valence-electron chi connectivity index (χ0n) is 8.96. The summed E-state index contributed by atoms with van der Waals surface area (Å²) in [6, 6.07) is 3.66. The Labute approximate surface area is 85.2 Å². The first kappa shape index (κ1) is 10.8. The van der Waals surface area contributed by atoms with Crippen LogP contribution < -0.4 is 19.7 Å². The summed E-state index contributed by atoms with van der Waals surface area (Å²) in [6.07, 6.45) is 0. The molecule has 1 rings (SSSR count). The first-order valence-corrected chi connectivity index (χ1v) is 4.36. The van der Waals surface area contributed by atoms with Crippen molar-refractivity contribution in [2.75, 3.05) is 21.3 Å². The van der Waals surface area contributed by atoms with Gasteiger partial charge in [0, 0.05) is 12.1 Å². The van der Waals surface area contributed by atoms with Crippen molar-refractivity contribution in [2.24, 2.45) is 0 Å². The third-order valence-electron chi connectivity index (χ3n) is 2.04. The molecule has 1 radical (unpaired) electrons. The molecule has 0 heterocycles. The van der Waals surface area contributed by atoms with Crippen molar-refractivity contribution in [3.63, 3.8) is 0 Å². The fourth-order valence-electron chi connectivity index (χ4n) is 1.32. The van der Waals surface area contributed by atoms with Gasteiger partial charge in [-0.05, 0) is 5.46 Å². The minimum atomic E-state index is 0.726. The van der Waals surface area contributed by atoms with Gasteiger partial charge in [-0.3, -0.25) is 0 Å². The molecular formula is C10H14BO3. The second kappa shape index (κ2) is 4.79. The first-order valence-electron chi connectivity index (χ1n) is 4.36. The second-order valence-corrected chi connectivity index (χ2v) is 2.73. The molecule has 0 saturated carbocycles. The van der Waals surface area contributed by atoms with Crippen LogP contribution in [0.2, 0.25) is 6.82 Å². The molecule has 0 aliphatic heterocycles. The van der Waals surface area contributed by atoms with Gasteiger partial charge in [0.1, 0.15) is 17.2 Å². The molecule has 0 amide bonds. The molecular weight excluding hydrogens is 179 g/mol. The monoisotopic (exact) mass is 193 g/mol. The lowest BCUT2D eigenvalue weighted by Crippen LogP contribution is -2.17. The van der Waals surface area contributed by atoms with Crippen LogP contribution in [0.4, 0.5) is 0 Å². The number of hydrogen-bond acceptors (Lipinski definition) is 3. The molecule has 75 valence electrons. The van der Waals surface area contributed by atoms with Gasteiger partial charge in [0.2, 0.25) is 0 Å². The Kier molecular flexibility index (Phi) is 3.68. The number of ether oxygens (including phenoxy) is 3. The summed E-state index contributed by atoms with van der Waals surface area (Å²) in [5, 5.41) is 0. The van der Waals surface area contributed by atoms with E-state index in [1.807, 2.05) is 26.2 Å². The Balaban J connectivity index is 3.24. The topological polar surface area (TPSA) is 27.7 Å². The number of rotatable bonds is 4. The average molecular weight is 193 g/mol. The molecule has 0 spiro atoms. The predicted octanol–water partition coefficient (Wildman–Crippen LogP) is 1.09. The number of hydrogen-bond donors (Lipinski definition) is 0. The molecule has 0 aromatic heterocycles. The van der Waals surface area contributed by atoms with Crippen LogP contribution in [-0.2, 0) is 0 Å². The Morgan fingerprint density at radius 3 is 1.71 bits per heavy atom. The molecule has 0 bridgehead atoms. The van der Waals surface area contributed by atoms with Crippen molar-refractivity contribution >= 4 is 12.7 Å². The maximum absolute atomic E-state index is 5.23. The van der Waals surface area contributed by atoms with Crippen LogP contribution in [0.5, 0.6) is 17.2 Å². The molecule has 0 N–H and O–H groups in total. The van der Waals surface area contributed by atoms with E-state index >= 15 is 0 Å². The van der Waals surface area contributed by atoms with E-state index in [4.69, 9.17) is 14.2 Å². The quantitative estimate of drug-likeness (QED) is 0.670. The Hall–Kier alpha value is -1.32. The molecule has 1 aromatic rings. The van der Waals surface area contributed by atoms with E-state index in [0.717, 1.165) is 22.7 Å². The van der Waals surface area contributed by atoms with E-state index < -0.39 is 0 Å². The van der Waals surface area contributed by atoms with Gasteiger partial charge in [0.15, 0.2) is 7.28 Å². The third kappa shape index (κ3) is 1.95. The van der Waals surface area contributed by atoms with E-state index in [1.165, 1.54) is 0 Å². The molecule has 0 aliphatic carbocycles. The van der Waals surface area contributed by atoms with Gasteiger partial charge >= 0.3 is 0 Å². The summed E-state index contributed by atoms with van der Waals surface area (Å²) in [6.45, 7) is 1.94. The zero-order chi connectivity index (χ0) is 10.6. The summed E-state index contributed by atoms with van der Waals surface area (Å²) >= 11 is 0. The van der Waals surface area contributed by atoms with Crippen LogP contribution >= 0.6 is 0 Å². The maximum atomic E-state index is 5.23. The minimum absolute atomic E-state index is 0.726. The molecule has 0 fully saturated rings. The lowest BCUT2D eigenvalue weighted by atomic mass is 9.72. The van der Waals surface area contributed by atoms with Gasteiger partial charge in [-0.1, -0.05) is 6.82 Å². The fourth-order valence-corrected chi connectivity index (χ4v) is 1.32. The van der Waals surface area contributed by atoms with Crippen LogP contribution in [0.3, 0.4) is 0 Å². The number of methoxy groups -OCH3 is 3. The molecule has 1 aromatic carbocycles. The van der Waals surface area contributed by atoms with Gasteiger partial charge in [-0.25, -0.2) is 0 Å². The molecule has 14 heavy (non-hydrogen) atoms. The summed E-state index contributed by atoms with van der Waals surface area (Å²) in [4.78, 5) is 0. The first-order chi connectivity index (χ1) is 6.76. The Morgan fingerprint density at radius 2 is 1.43 bits per heavy atom. The smallest absolute Gasteiger partial charge is 0.158 e. The van der Waals surface area contributed by atoms with Crippen LogP contribution in [0.15, 0.2) is 12.1 Å². The van der Waals surface area contributed by atoms with E-state index in [2.05, 4.69) is 0 Å². The highest BCUT2D eigenvalue weighted by molar-refractivity contribution is 6.54. The predicted molar refractivity (Wildman–Crippen MR) is 57.4 cm³/mol. The molecule has 0 saturated heterocycles. The summed E-state index contributed by atoms with van der Waals surface area (Å²) in [5.41, 5.74) is 0.941. The van der Waals surface area contributed by atoms with Gasteiger partial charge in [-0.2, -0.15) is 0 Å². The fraction of sp³-hybridized carbons (Fsp3) is 0.400. The van der Waals surface area contributed by atoms with Crippen molar-refractivity contribution < 1.29 is 14.2 Å². The van der Waals surface area contributed by atoms with Gasteiger partial charge in [0.25, 0.3) is 0 Å². The molecule has 0 aliphatic rings. The van der Waals surface area contributed by atoms with Crippen LogP contribution in [0, 0.1) is 0 Å². The van der Waals surface area contributed by atoms with Crippen molar-refractivity contribution in [3.8, 4) is 17.2 Å². The Bertz CT molecular complexity index is 287. The maximum Gasteiger partial charge on any atom is 0.158 e. The van der Waals surface area contributed by atoms with E-state index in [-0.39, 0.29) is 0 Å². The lowest BCUT2D eigenvalue weighted by Gasteiger charge is -2.13. The van der Waals surface area contributed by atoms with Crippen molar-refractivity contribution in [1.29, 1.82) is 0 Å². The summed E-state index contributed by atoms with van der Waals surface area (Å²) in [7, 11) is 6.81. The van der Waals surface area contributed by atoms with Crippen LogP contribution in [0.1, 0.15) is 0 Å². The van der Waals surface area contributed by atoms with Gasteiger partial charge in [-0.15, -0.1) is 0 Å². The van der Waals surface area contributed by atoms with E-state index in [9.17, 15) is 0 Å². The number of benzene rings is 1. The van der Waals surface area contributed by atoms with Crippen LogP contribution in [-0.4, -0.2) is 28.6 Å². The van der Waals surface area contributed by atoms with E-state index in [1.54, 1.807) is 21.3 Å². The highest BCUT2D eigenvalue weighted by atomic mass is 16.5. The largest absolute Gasteiger partial charge is 0.497 e.